The summed E-state index contributed by atoms with van der Waals surface area (Å²) in [6, 6.07) is 0.824. The van der Waals surface area contributed by atoms with E-state index in [1.165, 1.54) is 31.2 Å². The SMILES string of the molecule is Cn1cc(CCNC2C3CC4CC(C3)CC2C4)cn1. The van der Waals surface area contributed by atoms with E-state index in [4.69, 9.17) is 0 Å². The first-order valence-corrected chi connectivity index (χ1v) is 7.99. The maximum absolute atomic E-state index is 4.24. The van der Waals surface area contributed by atoms with Crippen molar-refractivity contribution in [3.05, 3.63) is 18.0 Å². The van der Waals surface area contributed by atoms with Gasteiger partial charge in [-0.15, -0.1) is 0 Å². The molecule has 4 fully saturated rings. The lowest BCUT2D eigenvalue weighted by Crippen LogP contribution is -2.54. The van der Waals surface area contributed by atoms with E-state index in [2.05, 4.69) is 16.6 Å². The number of rotatable bonds is 4. The lowest BCUT2D eigenvalue weighted by molar-refractivity contribution is -0.0133. The molecule has 3 nitrogen and oxygen atoms in total. The summed E-state index contributed by atoms with van der Waals surface area (Å²) >= 11 is 0. The number of aryl methyl sites for hydroxylation is 1. The second-order valence-corrected chi connectivity index (χ2v) is 7.18. The second kappa shape index (κ2) is 4.62. The molecule has 1 N–H and O–H groups in total. The fourth-order valence-electron chi connectivity index (χ4n) is 5.24. The summed E-state index contributed by atoms with van der Waals surface area (Å²) < 4.78 is 1.90. The highest BCUT2D eigenvalue weighted by atomic mass is 15.2. The van der Waals surface area contributed by atoms with E-state index in [1.807, 2.05) is 17.9 Å². The van der Waals surface area contributed by atoms with Gasteiger partial charge in [0.1, 0.15) is 0 Å². The fraction of sp³-hybridized carbons (Fsp3) is 0.812. The number of nitrogens with one attached hydrogen (secondary N) is 1. The first kappa shape index (κ1) is 12.0. The molecular weight excluding hydrogens is 234 g/mol. The van der Waals surface area contributed by atoms with Crippen LogP contribution in [-0.4, -0.2) is 22.4 Å². The Morgan fingerprint density at radius 1 is 1.16 bits per heavy atom. The summed E-state index contributed by atoms with van der Waals surface area (Å²) in [6.45, 7) is 1.12. The molecule has 4 aliphatic rings. The highest BCUT2D eigenvalue weighted by Gasteiger charge is 2.47. The molecule has 104 valence electrons. The van der Waals surface area contributed by atoms with Crippen molar-refractivity contribution in [1.29, 1.82) is 0 Å². The Balaban J connectivity index is 1.33. The normalized spacial score (nSPS) is 39.9. The Morgan fingerprint density at radius 3 is 2.42 bits per heavy atom. The molecule has 5 rings (SSSR count). The molecule has 19 heavy (non-hydrogen) atoms. The minimum Gasteiger partial charge on any atom is -0.313 e. The number of hydrogen-bond donors (Lipinski definition) is 1. The molecule has 3 heteroatoms. The van der Waals surface area contributed by atoms with Crippen LogP contribution in [0.3, 0.4) is 0 Å². The zero-order valence-electron chi connectivity index (χ0n) is 11.9. The highest BCUT2D eigenvalue weighted by Crippen LogP contribution is 2.53. The van der Waals surface area contributed by atoms with Gasteiger partial charge in [-0.25, -0.2) is 0 Å². The third-order valence-corrected chi connectivity index (χ3v) is 5.78. The molecule has 4 aliphatic carbocycles. The molecule has 0 atom stereocenters. The predicted octanol–water partition coefficient (Wildman–Crippen LogP) is 2.38. The van der Waals surface area contributed by atoms with Gasteiger partial charge in [0, 0.05) is 19.3 Å². The summed E-state index contributed by atoms with van der Waals surface area (Å²) in [7, 11) is 1.99. The van der Waals surface area contributed by atoms with E-state index < -0.39 is 0 Å². The Kier molecular flexibility index (Phi) is 2.91. The zero-order valence-corrected chi connectivity index (χ0v) is 11.9. The van der Waals surface area contributed by atoms with Crippen molar-refractivity contribution in [3.63, 3.8) is 0 Å². The van der Waals surface area contributed by atoms with Gasteiger partial charge in [-0.3, -0.25) is 4.68 Å². The van der Waals surface area contributed by atoms with Crippen LogP contribution in [0.2, 0.25) is 0 Å². The predicted molar refractivity (Wildman–Crippen MR) is 75.7 cm³/mol. The maximum Gasteiger partial charge on any atom is 0.0522 e. The summed E-state index contributed by atoms with van der Waals surface area (Å²) in [5, 5.41) is 8.13. The zero-order chi connectivity index (χ0) is 12.8. The van der Waals surface area contributed by atoms with Gasteiger partial charge < -0.3 is 5.32 Å². The van der Waals surface area contributed by atoms with Crippen LogP contribution in [0.5, 0.6) is 0 Å². The molecule has 0 aliphatic heterocycles. The molecule has 0 spiro atoms. The molecular formula is C16H25N3. The van der Waals surface area contributed by atoms with Crippen LogP contribution in [0.25, 0.3) is 0 Å². The molecule has 1 heterocycles. The largest absolute Gasteiger partial charge is 0.313 e. The lowest BCUT2D eigenvalue weighted by Gasteiger charge is -2.54. The monoisotopic (exact) mass is 259 g/mol. The van der Waals surface area contributed by atoms with Crippen LogP contribution < -0.4 is 5.32 Å². The maximum atomic E-state index is 4.24. The van der Waals surface area contributed by atoms with Gasteiger partial charge >= 0.3 is 0 Å². The standard InChI is InChI=1S/C16H25N3/c1-19-10-11(9-18-19)2-3-17-16-14-5-12-4-13(7-14)8-15(16)6-12/h9-10,12-17H,2-8H2,1H3. The minimum atomic E-state index is 0.824. The van der Waals surface area contributed by atoms with E-state index in [9.17, 15) is 0 Å². The lowest BCUT2D eigenvalue weighted by atomic mass is 9.54. The van der Waals surface area contributed by atoms with Crippen LogP contribution in [0.1, 0.15) is 37.7 Å². The quantitative estimate of drug-likeness (QED) is 0.899. The molecule has 0 amide bonds. The highest BCUT2D eigenvalue weighted by molar-refractivity contribution is 5.05. The molecule has 0 aromatic carbocycles. The van der Waals surface area contributed by atoms with Crippen molar-refractivity contribution < 1.29 is 0 Å². The van der Waals surface area contributed by atoms with Gasteiger partial charge in [0.05, 0.1) is 6.20 Å². The second-order valence-electron chi connectivity index (χ2n) is 7.18. The van der Waals surface area contributed by atoms with E-state index in [0.29, 0.717) is 0 Å². The smallest absolute Gasteiger partial charge is 0.0522 e. The van der Waals surface area contributed by atoms with Crippen molar-refractivity contribution >= 4 is 0 Å². The first-order chi connectivity index (χ1) is 9.28. The molecule has 4 saturated carbocycles. The van der Waals surface area contributed by atoms with Gasteiger partial charge in [-0.1, -0.05) is 0 Å². The van der Waals surface area contributed by atoms with Gasteiger partial charge in [0.2, 0.25) is 0 Å². The van der Waals surface area contributed by atoms with Crippen molar-refractivity contribution in [2.75, 3.05) is 6.54 Å². The van der Waals surface area contributed by atoms with E-state index >= 15 is 0 Å². The van der Waals surface area contributed by atoms with Crippen LogP contribution >= 0.6 is 0 Å². The van der Waals surface area contributed by atoms with Gasteiger partial charge in [0.25, 0.3) is 0 Å². The summed E-state index contributed by atoms with van der Waals surface area (Å²) in [4.78, 5) is 0. The Labute approximate surface area is 115 Å². The average Bonchev–Trinajstić information content (AvgIpc) is 2.78. The van der Waals surface area contributed by atoms with Crippen LogP contribution in [-0.2, 0) is 13.5 Å². The van der Waals surface area contributed by atoms with Gasteiger partial charge in [0.15, 0.2) is 0 Å². The Bertz CT molecular complexity index is 423. The van der Waals surface area contributed by atoms with E-state index in [0.717, 1.165) is 42.7 Å². The summed E-state index contributed by atoms with van der Waals surface area (Å²) in [5.74, 6) is 4.15. The van der Waals surface area contributed by atoms with E-state index in [1.54, 1.807) is 6.42 Å². The topological polar surface area (TPSA) is 29.9 Å². The third kappa shape index (κ3) is 2.22. The number of aromatic nitrogens is 2. The third-order valence-electron chi connectivity index (χ3n) is 5.78. The number of nitrogens with zero attached hydrogens (tertiary/aromatic N) is 2. The first-order valence-electron chi connectivity index (χ1n) is 7.99. The summed E-state index contributed by atoms with van der Waals surface area (Å²) in [6.07, 6.45) is 12.9. The van der Waals surface area contributed by atoms with Crippen LogP contribution in [0, 0.1) is 23.7 Å². The minimum absolute atomic E-state index is 0.824. The molecule has 0 radical (unpaired) electrons. The van der Waals surface area contributed by atoms with Gasteiger partial charge in [-0.2, -0.15) is 5.10 Å². The summed E-state index contributed by atoms with van der Waals surface area (Å²) in [5.41, 5.74) is 1.36. The van der Waals surface area contributed by atoms with Crippen LogP contribution in [0.4, 0.5) is 0 Å². The Morgan fingerprint density at radius 2 is 1.84 bits per heavy atom. The molecule has 4 bridgehead atoms. The van der Waals surface area contributed by atoms with Crippen molar-refractivity contribution in [1.82, 2.24) is 15.1 Å². The van der Waals surface area contributed by atoms with Crippen molar-refractivity contribution in [2.24, 2.45) is 30.7 Å². The number of hydrogen-bond acceptors (Lipinski definition) is 2. The molecule has 1 aromatic rings. The fourth-order valence-corrected chi connectivity index (χ4v) is 5.24. The molecule has 1 aromatic heterocycles. The average molecular weight is 259 g/mol. The van der Waals surface area contributed by atoms with Crippen molar-refractivity contribution in [3.8, 4) is 0 Å². The molecule has 0 saturated heterocycles. The van der Waals surface area contributed by atoms with Crippen LogP contribution in [0.15, 0.2) is 12.4 Å². The van der Waals surface area contributed by atoms with Crippen molar-refractivity contribution in [2.45, 2.75) is 44.6 Å². The molecule has 0 unspecified atom stereocenters. The van der Waals surface area contributed by atoms with E-state index in [-0.39, 0.29) is 0 Å². The van der Waals surface area contributed by atoms with Gasteiger partial charge in [-0.05, 0) is 74.3 Å². The Hall–Kier alpha value is -0.830.